The Balaban J connectivity index is 1.52. The molecule has 2 atom stereocenters. The maximum Gasteiger partial charge on any atom is 0.330 e. The van der Waals surface area contributed by atoms with Gasteiger partial charge in [0.1, 0.15) is 23.6 Å². The van der Waals surface area contributed by atoms with Gasteiger partial charge in [0.2, 0.25) is 11.8 Å². The molecule has 252 valence electrons. The summed E-state index contributed by atoms with van der Waals surface area (Å²) < 4.78 is 41.3. The van der Waals surface area contributed by atoms with Gasteiger partial charge in [0.25, 0.3) is 0 Å². The highest BCUT2D eigenvalue weighted by molar-refractivity contribution is 7.88. The predicted octanol–water partition coefficient (Wildman–Crippen LogP) is 3.69. The number of methoxy groups -OCH3 is 2. The zero-order valence-electron chi connectivity index (χ0n) is 27.1. The first kappa shape index (κ1) is 35.5. The first-order valence-corrected chi connectivity index (χ1v) is 16.5. The Morgan fingerprint density at radius 1 is 0.625 bits per heavy atom. The SMILES string of the molecule is COc1ccc(N(C)C(=O)C(Cc2ccccc2)NC(=O)NS(=O)(=O)N[C@H](Cc2ccccc2)C(=O)N(C)c2ccc(OC)cc2)cc1. The average molecular weight is 674 g/mol. The number of rotatable bonds is 14. The lowest BCUT2D eigenvalue weighted by molar-refractivity contribution is -0.120. The fraction of sp³-hybridized carbons (Fsp3) is 0.229. The zero-order valence-corrected chi connectivity index (χ0v) is 27.9. The van der Waals surface area contributed by atoms with Crippen LogP contribution in [0.15, 0.2) is 109 Å². The summed E-state index contributed by atoms with van der Waals surface area (Å²) in [6.45, 7) is 0. The fourth-order valence-electron chi connectivity index (χ4n) is 4.94. The van der Waals surface area contributed by atoms with Crippen molar-refractivity contribution in [3.05, 3.63) is 120 Å². The van der Waals surface area contributed by atoms with Crippen LogP contribution >= 0.6 is 0 Å². The summed E-state index contributed by atoms with van der Waals surface area (Å²) in [7, 11) is 1.52. The van der Waals surface area contributed by atoms with Gasteiger partial charge in [0, 0.05) is 31.9 Å². The number of benzene rings is 4. The molecule has 0 heterocycles. The van der Waals surface area contributed by atoms with Crippen LogP contribution in [0.3, 0.4) is 0 Å². The summed E-state index contributed by atoms with van der Waals surface area (Å²) >= 11 is 0. The molecule has 0 saturated heterocycles. The first-order valence-electron chi connectivity index (χ1n) is 15.0. The van der Waals surface area contributed by atoms with Crippen molar-refractivity contribution in [3.63, 3.8) is 0 Å². The Hall–Kier alpha value is -5.40. The number of hydrogen-bond acceptors (Lipinski definition) is 7. The van der Waals surface area contributed by atoms with E-state index in [9.17, 15) is 22.8 Å². The minimum absolute atomic E-state index is 0.00444. The molecule has 4 aromatic rings. The normalized spacial score (nSPS) is 12.2. The smallest absolute Gasteiger partial charge is 0.330 e. The topological polar surface area (TPSA) is 146 Å². The lowest BCUT2D eigenvalue weighted by atomic mass is 10.0. The number of hydrogen-bond donors (Lipinski definition) is 3. The molecule has 13 heteroatoms. The average Bonchev–Trinajstić information content (AvgIpc) is 3.10. The summed E-state index contributed by atoms with van der Waals surface area (Å²) in [5.74, 6) is 0.154. The maximum atomic E-state index is 13.7. The number of ether oxygens (including phenoxy) is 2. The van der Waals surface area contributed by atoms with Crippen molar-refractivity contribution < 1.29 is 32.3 Å². The fourth-order valence-corrected chi connectivity index (χ4v) is 5.86. The van der Waals surface area contributed by atoms with E-state index in [2.05, 4.69) is 10.0 Å². The van der Waals surface area contributed by atoms with Crippen LogP contribution in [-0.2, 0) is 32.6 Å². The van der Waals surface area contributed by atoms with Crippen molar-refractivity contribution in [2.24, 2.45) is 0 Å². The van der Waals surface area contributed by atoms with E-state index in [1.165, 1.54) is 31.1 Å². The molecular formula is C35H39N5O7S. The van der Waals surface area contributed by atoms with Crippen molar-refractivity contribution in [3.8, 4) is 11.5 Å². The van der Waals surface area contributed by atoms with Gasteiger partial charge in [-0.2, -0.15) is 13.1 Å². The molecule has 0 fully saturated rings. The highest BCUT2D eigenvalue weighted by Crippen LogP contribution is 2.21. The molecule has 0 aliphatic rings. The Kier molecular flexibility index (Phi) is 12.1. The number of urea groups is 1. The third-order valence-corrected chi connectivity index (χ3v) is 8.62. The molecule has 4 rings (SSSR count). The molecule has 0 saturated carbocycles. The quantitative estimate of drug-likeness (QED) is 0.185. The second-order valence-corrected chi connectivity index (χ2v) is 12.3. The number of nitrogens with zero attached hydrogens (tertiary/aromatic N) is 2. The third-order valence-electron chi connectivity index (χ3n) is 7.57. The summed E-state index contributed by atoms with van der Waals surface area (Å²) in [6, 6.07) is 27.8. The van der Waals surface area contributed by atoms with E-state index in [1.807, 2.05) is 10.8 Å². The monoisotopic (exact) mass is 673 g/mol. The molecule has 0 aromatic heterocycles. The van der Waals surface area contributed by atoms with Gasteiger partial charge in [-0.05, 0) is 66.1 Å². The maximum absolute atomic E-state index is 13.7. The summed E-state index contributed by atoms with van der Waals surface area (Å²) in [6.07, 6.45) is 0.0906. The van der Waals surface area contributed by atoms with Crippen molar-refractivity contribution >= 4 is 39.4 Å². The van der Waals surface area contributed by atoms with Gasteiger partial charge in [-0.25, -0.2) is 9.52 Å². The summed E-state index contributed by atoms with van der Waals surface area (Å²) in [4.78, 5) is 43.2. The Morgan fingerprint density at radius 3 is 1.44 bits per heavy atom. The van der Waals surface area contributed by atoms with E-state index in [-0.39, 0.29) is 12.8 Å². The van der Waals surface area contributed by atoms with Gasteiger partial charge in [-0.1, -0.05) is 60.7 Å². The van der Waals surface area contributed by atoms with Gasteiger partial charge < -0.3 is 24.6 Å². The van der Waals surface area contributed by atoms with Gasteiger partial charge in [-0.3, -0.25) is 9.59 Å². The van der Waals surface area contributed by atoms with Crippen LogP contribution in [0.4, 0.5) is 16.2 Å². The van der Waals surface area contributed by atoms with Crippen molar-refractivity contribution in [2.45, 2.75) is 24.9 Å². The van der Waals surface area contributed by atoms with E-state index in [1.54, 1.807) is 110 Å². The Bertz CT molecular complexity index is 1770. The van der Waals surface area contributed by atoms with Crippen LogP contribution in [0.5, 0.6) is 11.5 Å². The van der Waals surface area contributed by atoms with Gasteiger partial charge in [0.15, 0.2) is 0 Å². The number of likely N-dealkylation sites (N-methyl/N-ethyl adjacent to an activating group) is 2. The third kappa shape index (κ3) is 9.80. The molecule has 0 aliphatic heterocycles. The van der Waals surface area contributed by atoms with Crippen LogP contribution in [-0.4, -0.2) is 66.7 Å². The van der Waals surface area contributed by atoms with Crippen LogP contribution in [0.2, 0.25) is 0 Å². The van der Waals surface area contributed by atoms with Crippen molar-refractivity contribution in [1.82, 2.24) is 14.8 Å². The van der Waals surface area contributed by atoms with Crippen molar-refractivity contribution in [2.75, 3.05) is 38.1 Å². The largest absolute Gasteiger partial charge is 0.497 e. The number of carbonyl (C=O) groups excluding carboxylic acids is 3. The molecule has 12 nitrogen and oxygen atoms in total. The number of anilines is 2. The molecule has 0 aliphatic carbocycles. The number of carbonyl (C=O) groups is 3. The molecule has 48 heavy (non-hydrogen) atoms. The lowest BCUT2D eigenvalue weighted by Gasteiger charge is -2.26. The number of nitrogens with one attached hydrogen (secondary N) is 3. The Morgan fingerprint density at radius 2 is 1.02 bits per heavy atom. The van der Waals surface area contributed by atoms with E-state index in [0.29, 0.717) is 28.4 Å². The van der Waals surface area contributed by atoms with Crippen LogP contribution < -0.4 is 34.0 Å². The van der Waals surface area contributed by atoms with Crippen LogP contribution in [0.25, 0.3) is 0 Å². The molecule has 0 bridgehead atoms. The minimum Gasteiger partial charge on any atom is -0.497 e. The van der Waals surface area contributed by atoms with E-state index >= 15 is 0 Å². The first-order chi connectivity index (χ1) is 23.0. The predicted molar refractivity (Wildman–Crippen MR) is 184 cm³/mol. The minimum atomic E-state index is -4.61. The van der Waals surface area contributed by atoms with Gasteiger partial charge >= 0.3 is 16.2 Å². The number of amides is 4. The standard InChI is InChI=1S/C35H39N5O7S/c1-39(27-15-19-29(46-3)20-16-27)33(41)31(23-25-11-7-5-8-12-25)36-35(43)38-48(44,45)37-32(24-26-13-9-6-10-14-26)34(42)40(2)28-17-21-30(47-4)22-18-28/h5-22,31-32,37H,23-24H2,1-4H3,(H2,36,38,43)/t31?,32-/m1/s1. The molecule has 4 aromatic carbocycles. The van der Waals surface area contributed by atoms with Crippen LogP contribution in [0.1, 0.15) is 11.1 Å². The molecular weight excluding hydrogens is 634 g/mol. The molecule has 4 amide bonds. The highest BCUT2D eigenvalue weighted by atomic mass is 32.2. The van der Waals surface area contributed by atoms with E-state index in [4.69, 9.17) is 9.47 Å². The highest BCUT2D eigenvalue weighted by Gasteiger charge is 2.31. The van der Waals surface area contributed by atoms with E-state index < -0.39 is 40.1 Å². The summed E-state index contributed by atoms with van der Waals surface area (Å²) in [5.41, 5.74) is 2.49. The Labute approximate surface area is 280 Å². The summed E-state index contributed by atoms with van der Waals surface area (Å²) in [5, 5.41) is 2.51. The molecule has 1 unspecified atom stereocenters. The second kappa shape index (κ2) is 16.4. The molecule has 0 spiro atoms. The molecule has 0 radical (unpaired) electrons. The zero-order chi connectivity index (χ0) is 34.7. The second-order valence-electron chi connectivity index (χ2n) is 10.9. The van der Waals surface area contributed by atoms with Gasteiger partial charge in [0.05, 0.1) is 14.2 Å². The van der Waals surface area contributed by atoms with Crippen molar-refractivity contribution in [1.29, 1.82) is 0 Å². The van der Waals surface area contributed by atoms with E-state index in [0.717, 1.165) is 5.56 Å². The lowest BCUT2D eigenvalue weighted by Crippen LogP contribution is -2.57. The molecule has 3 N–H and O–H groups in total. The van der Waals surface area contributed by atoms with Gasteiger partial charge in [-0.15, -0.1) is 0 Å². The van der Waals surface area contributed by atoms with Crippen LogP contribution in [0, 0.1) is 0 Å².